The van der Waals surface area contributed by atoms with Gasteiger partial charge in [-0.05, 0) is 19.8 Å². The molecule has 1 unspecified atom stereocenters. The van der Waals surface area contributed by atoms with E-state index in [1.807, 2.05) is 6.92 Å². The van der Waals surface area contributed by atoms with Crippen LogP contribution in [0.25, 0.3) is 0 Å². The molecule has 1 aromatic rings. The normalized spacial score (nSPS) is 20.2. The van der Waals surface area contributed by atoms with Gasteiger partial charge in [-0.3, -0.25) is 0 Å². The van der Waals surface area contributed by atoms with Crippen LogP contribution in [0.15, 0.2) is 6.07 Å². The summed E-state index contributed by atoms with van der Waals surface area (Å²) < 4.78 is 0. The molecule has 1 aliphatic heterocycles. The van der Waals surface area contributed by atoms with Crippen molar-refractivity contribution < 1.29 is 0 Å². The number of anilines is 1. The summed E-state index contributed by atoms with van der Waals surface area (Å²) in [7, 11) is 0. The van der Waals surface area contributed by atoms with Crippen LogP contribution in [0.3, 0.4) is 0 Å². The third-order valence-electron chi connectivity index (χ3n) is 2.95. The second-order valence-electron chi connectivity index (χ2n) is 3.99. The Bertz CT molecular complexity index is 348. The second kappa shape index (κ2) is 4.14. The maximum Gasteiger partial charge on any atom is 0.132 e. The summed E-state index contributed by atoms with van der Waals surface area (Å²) in [6, 6.07) is 2.55. The zero-order chi connectivity index (χ0) is 10.8. The average Bonchev–Trinajstić information content (AvgIpc) is 2.16. The summed E-state index contributed by atoms with van der Waals surface area (Å²) in [4.78, 5) is 11.1. The van der Waals surface area contributed by atoms with Crippen LogP contribution in [0, 0.1) is 6.92 Å². The molecule has 0 saturated carbocycles. The summed E-state index contributed by atoms with van der Waals surface area (Å²) in [6.45, 7) is 5.84. The smallest absolute Gasteiger partial charge is 0.132 e. The highest BCUT2D eigenvalue weighted by Crippen LogP contribution is 2.24. The highest BCUT2D eigenvalue weighted by Gasteiger charge is 2.27. The number of rotatable bonds is 3. The Hall–Kier alpha value is -1.16. The molecule has 0 aliphatic carbocycles. The lowest BCUT2D eigenvalue weighted by Gasteiger charge is -2.41. The number of nitrogens with two attached hydrogens (primary N) is 1. The van der Waals surface area contributed by atoms with E-state index < -0.39 is 0 Å². The third kappa shape index (κ3) is 1.95. The van der Waals surface area contributed by atoms with Crippen LogP contribution in [-0.4, -0.2) is 29.1 Å². The highest BCUT2D eigenvalue weighted by molar-refractivity contribution is 5.44. The minimum Gasteiger partial charge on any atom is -0.352 e. The number of hydrogen-bond donors (Lipinski definition) is 1. The number of aryl methyl sites for hydroxylation is 2. The first-order valence-corrected chi connectivity index (χ1v) is 5.56. The molecule has 2 heterocycles. The zero-order valence-corrected chi connectivity index (χ0v) is 9.40. The van der Waals surface area contributed by atoms with E-state index in [1.165, 1.54) is 6.42 Å². The molecule has 82 valence electrons. The van der Waals surface area contributed by atoms with Gasteiger partial charge in [0.25, 0.3) is 0 Å². The number of hydrogen-bond acceptors (Lipinski definition) is 4. The molecule has 15 heavy (non-hydrogen) atoms. The van der Waals surface area contributed by atoms with Gasteiger partial charge in [0.05, 0.1) is 0 Å². The van der Waals surface area contributed by atoms with E-state index in [4.69, 9.17) is 5.73 Å². The average molecular weight is 206 g/mol. The number of aromatic nitrogens is 2. The molecule has 0 radical (unpaired) electrons. The predicted octanol–water partition coefficient (Wildman–Crippen LogP) is 0.885. The Kier molecular flexibility index (Phi) is 2.86. The van der Waals surface area contributed by atoms with E-state index in [0.29, 0.717) is 12.6 Å². The molecule has 1 aromatic heterocycles. The molecule has 1 saturated heterocycles. The van der Waals surface area contributed by atoms with Crippen molar-refractivity contribution in [3.05, 3.63) is 17.6 Å². The second-order valence-corrected chi connectivity index (χ2v) is 3.99. The summed E-state index contributed by atoms with van der Waals surface area (Å²) in [5.41, 5.74) is 6.80. The monoisotopic (exact) mass is 206 g/mol. The Labute approximate surface area is 90.5 Å². The number of nitrogens with zero attached hydrogens (tertiary/aromatic N) is 3. The van der Waals surface area contributed by atoms with Crippen LogP contribution in [0.2, 0.25) is 0 Å². The van der Waals surface area contributed by atoms with Crippen LogP contribution < -0.4 is 10.6 Å². The van der Waals surface area contributed by atoms with E-state index in [0.717, 1.165) is 30.3 Å². The standard InChI is InChI=1S/C11H18N4/c1-3-9-6-11(14-8(2)13-9)15-5-4-10(15)7-12/h6,10H,3-5,7,12H2,1-2H3. The Balaban J connectivity index is 2.24. The van der Waals surface area contributed by atoms with Crippen LogP contribution in [0.5, 0.6) is 0 Å². The van der Waals surface area contributed by atoms with E-state index in [9.17, 15) is 0 Å². The van der Waals surface area contributed by atoms with Crippen molar-refractivity contribution in [3.8, 4) is 0 Å². The van der Waals surface area contributed by atoms with Crippen molar-refractivity contribution in [1.82, 2.24) is 9.97 Å². The highest BCUT2D eigenvalue weighted by atomic mass is 15.3. The molecule has 1 aliphatic rings. The minimum atomic E-state index is 0.476. The topological polar surface area (TPSA) is 55.0 Å². The molecule has 0 aromatic carbocycles. The van der Waals surface area contributed by atoms with Crippen molar-refractivity contribution in [1.29, 1.82) is 0 Å². The lowest BCUT2D eigenvalue weighted by molar-refractivity contribution is 0.451. The summed E-state index contributed by atoms with van der Waals surface area (Å²) >= 11 is 0. The molecule has 2 N–H and O–H groups in total. The molecule has 0 amide bonds. The Morgan fingerprint density at radius 2 is 2.33 bits per heavy atom. The zero-order valence-electron chi connectivity index (χ0n) is 9.40. The van der Waals surface area contributed by atoms with Crippen molar-refractivity contribution in [2.75, 3.05) is 18.0 Å². The largest absolute Gasteiger partial charge is 0.352 e. The maximum absolute atomic E-state index is 5.69. The fraction of sp³-hybridized carbons (Fsp3) is 0.636. The lowest BCUT2D eigenvalue weighted by atomic mass is 10.0. The first-order valence-electron chi connectivity index (χ1n) is 5.56. The molecule has 0 spiro atoms. The van der Waals surface area contributed by atoms with Crippen molar-refractivity contribution >= 4 is 5.82 Å². The van der Waals surface area contributed by atoms with Crippen LogP contribution in [0.1, 0.15) is 24.9 Å². The summed E-state index contributed by atoms with van der Waals surface area (Å²) in [5, 5.41) is 0. The van der Waals surface area contributed by atoms with Gasteiger partial charge in [0.15, 0.2) is 0 Å². The van der Waals surface area contributed by atoms with E-state index in [-0.39, 0.29) is 0 Å². The van der Waals surface area contributed by atoms with E-state index >= 15 is 0 Å². The Morgan fingerprint density at radius 3 is 2.87 bits per heavy atom. The maximum atomic E-state index is 5.69. The van der Waals surface area contributed by atoms with Crippen molar-refractivity contribution in [2.24, 2.45) is 5.73 Å². The molecular weight excluding hydrogens is 188 g/mol. The van der Waals surface area contributed by atoms with Gasteiger partial charge in [0, 0.05) is 30.9 Å². The van der Waals surface area contributed by atoms with Crippen LogP contribution in [-0.2, 0) is 6.42 Å². The van der Waals surface area contributed by atoms with Gasteiger partial charge in [0.2, 0.25) is 0 Å². The fourth-order valence-corrected chi connectivity index (χ4v) is 1.93. The molecule has 1 atom stereocenters. The predicted molar refractivity (Wildman–Crippen MR) is 61.0 cm³/mol. The van der Waals surface area contributed by atoms with Crippen LogP contribution >= 0.6 is 0 Å². The molecule has 4 heteroatoms. The minimum absolute atomic E-state index is 0.476. The van der Waals surface area contributed by atoms with Gasteiger partial charge in [0.1, 0.15) is 11.6 Å². The fourth-order valence-electron chi connectivity index (χ4n) is 1.93. The molecule has 1 fully saturated rings. The first kappa shape index (κ1) is 10.4. The quantitative estimate of drug-likeness (QED) is 0.798. The van der Waals surface area contributed by atoms with Gasteiger partial charge in [-0.1, -0.05) is 6.92 Å². The molecule has 2 rings (SSSR count). The summed E-state index contributed by atoms with van der Waals surface area (Å²) in [5.74, 6) is 1.90. The third-order valence-corrected chi connectivity index (χ3v) is 2.95. The van der Waals surface area contributed by atoms with Gasteiger partial charge < -0.3 is 10.6 Å². The molecular formula is C11H18N4. The van der Waals surface area contributed by atoms with Gasteiger partial charge in [-0.25, -0.2) is 9.97 Å². The van der Waals surface area contributed by atoms with Crippen molar-refractivity contribution in [2.45, 2.75) is 32.7 Å². The van der Waals surface area contributed by atoms with Gasteiger partial charge in [-0.2, -0.15) is 0 Å². The van der Waals surface area contributed by atoms with Gasteiger partial charge >= 0.3 is 0 Å². The van der Waals surface area contributed by atoms with E-state index in [2.05, 4.69) is 27.9 Å². The van der Waals surface area contributed by atoms with E-state index in [1.54, 1.807) is 0 Å². The van der Waals surface area contributed by atoms with Crippen molar-refractivity contribution in [3.63, 3.8) is 0 Å². The van der Waals surface area contributed by atoms with Gasteiger partial charge in [-0.15, -0.1) is 0 Å². The lowest BCUT2D eigenvalue weighted by Crippen LogP contribution is -2.52. The molecule has 0 bridgehead atoms. The SMILES string of the molecule is CCc1cc(N2CCC2CN)nc(C)n1. The van der Waals surface area contributed by atoms with Crippen LogP contribution in [0.4, 0.5) is 5.82 Å². The molecule has 4 nitrogen and oxygen atoms in total. The first-order chi connectivity index (χ1) is 7.24. The Morgan fingerprint density at radius 1 is 1.53 bits per heavy atom. The summed E-state index contributed by atoms with van der Waals surface area (Å²) in [6.07, 6.45) is 2.14.